The molecule has 0 bridgehead atoms. The molecule has 1 amide bonds. The number of carbonyl (C=O) groups is 1. The van der Waals surface area contributed by atoms with Crippen LogP contribution >= 0.6 is 0 Å². The summed E-state index contributed by atoms with van der Waals surface area (Å²) in [5.74, 6) is 2.88. The summed E-state index contributed by atoms with van der Waals surface area (Å²) in [5.41, 5.74) is 2.83. The van der Waals surface area contributed by atoms with Crippen molar-refractivity contribution in [1.29, 1.82) is 0 Å². The molecule has 2 unspecified atom stereocenters. The van der Waals surface area contributed by atoms with Crippen molar-refractivity contribution in [1.82, 2.24) is 10.6 Å². The Morgan fingerprint density at radius 2 is 2.33 bits per heavy atom. The summed E-state index contributed by atoms with van der Waals surface area (Å²) in [6, 6.07) is 8.25. The van der Waals surface area contributed by atoms with Crippen LogP contribution in [-0.4, -0.2) is 25.0 Å². The standard InChI is InChI=1S/C15H18N2O/c1-3-8-16-15(18)11(2)17-10-13-9-12-6-4-5-7-14(12)13/h1,4-7,11,13,17H,8-10H2,2H3,(H,16,18). The van der Waals surface area contributed by atoms with Crippen molar-refractivity contribution in [2.24, 2.45) is 0 Å². The van der Waals surface area contributed by atoms with Crippen LogP contribution in [0.1, 0.15) is 24.0 Å². The zero-order valence-corrected chi connectivity index (χ0v) is 10.6. The maximum absolute atomic E-state index is 11.6. The van der Waals surface area contributed by atoms with Gasteiger partial charge in [-0.25, -0.2) is 0 Å². The molecule has 1 aliphatic carbocycles. The molecule has 0 saturated carbocycles. The van der Waals surface area contributed by atoms with Gasteiger partial charge in [-0.05, 0) is 24.5 Å². The van der Waals surface area contributed by atoms with Crippen molar-refractivity contribution >= 4 is 5.91 Å². The molecule has 94 valence electrons. The number of rotatable bonds is 5. The molecule has 2 atom stereocenters. The van der Waals surface area contributed by atoms with E-state index in [9.17, 15) is 4.79 Å². The molecular weight excluding hydrogens is 224 g/mol. The largest absolute Gasteiger partial charge is 0.344 e. The minimum Gasteiger partial charge on any atom is -0.344 e. The molecule has 3 heteroatoms. The van der Waals surface area contributed by atoms with Crippen LogP contribution in [0.2, 0.25) is 0 Å². The molecule has 1 aromatic rings. The Bertz CT molecular complexity index is 476. The SMILES string of the molecule is C#CCNC(=O)C(C)NCC1Cc2ccccc21. The molecule has 1 aromatic carbocycles. The number of benzene rings is 1. The van der Waals surface area contributed by atoms with Gasteiger partial charge in [0.15, 0.2) is 0 Å². The molecule has 2 N–H and O–H groups in total. The van der Waals surface area contributed by atoms with Crippen molar-refractivity contribution < 1.29 is 4.79 Å². The number of fused-ring (bicyclic) bond motifs is 1. The number of amides is 1. The van der Waals surface area contributed by atoms with E-state index in [0.717, 1.165) is 13.0 Å². The van der Waals surface area contributed by atoms with E-state index in [1.54, 1.807) is 0 Å². The lowest BCUT2D eigenvalue weighted by molar-refractivity contribution is -0.122. The third kappa shape index (κ3) is 2.72. The predicted molar refractivity (Wildman–Crippen MR) is 72.2 cm³/mol. The molecule has 0 fully saturated rings. The molecule has 0 aliphatic heterocycles. The predicted octanol–water partition coefficient (Wildman–Crippen LogP) is 1.05. The monoisotopic (exact) mass is 242 g/mol. The van der Waals surface area contributed by atoms with Crippen molar-refractivity contribution in [3.63, 3.8) is 0 Å². The number of carbonyl (C=O) groups excluding carboxylic acids is 1. The first-order valence-corrected chi connectivity index (χ1v) is 6.24. The van der Waals surface area contributed by atoms with Gasteiger partial charge in [0.25, 0.3) is 0 Å². The van der Waals surface area contributed by atoms with Crippen LogP contribution in [0.15, 0.2) is 24.3 Å². The minimum absolute atomic E-state index is 0.0411. The summed E-state index contributed by atoms with van der Waals surface area (Å²) < 4.78 is 0. The second-order valence-electron chi connectivity index (χ2n) is 4.65. The Labute approximate surface area is 108 Å². The highest BCUT2D eigenvalue weighted by Crippen LogP contribution is 2.33. The average Bonchev–Trinajstić information content (AvgIpc) is 2.36. The molecule has 2 rings (SSSR count). The summed E-state index contributed by atoms with van der Waals surface area (Å²) >= 11 is 0. The van der Waals surface area contributed by atoms with Gasteiger partial charge < -0.3 is 10.6 Å². The van der Waals surface area contributed by atoms with Gasteiger partial charge in [0.2, 0.25) is 5.91 Å². The van der Waals surface area contributed by atoms with Crippen molar-refractivity contribution in [3.05, 3.63) is 35.4 Å². The molecule has 0 radical (unpaired) electrons. The summed E-state index contributed by atoms with van der Waals surface area (Å²) in [5, 5.41) is 5.93. The van der Waals surface area contributed by atoms with Crippen molar-refractivity contribution in [2.75, 3.05) is 13.1 Å². The normalized spacial score (nSPS) is 18.1. The lowest BCUT2D eigenvalue weighted by Crippen LogP contribution is -2.44. The van der Waals surface area contributed by atoms with E-state index in [1.807, 2.05) is 6.92 Å². The van der Waals surface area contributed by atoms with E-state index in [4.69, 9.17) is 6.42 Å². The second kappa shape index (κ2) is 5.70. The Morgan fingerprint density at radius 3 is 3.06 bits per heavy atom. The molecule has 1 aliphatic rings. The molecule has 0 saturated heterocycles. The highest BCUT2D eigenvalue weighted by Gasteiger charge is 2.25. The van der Waals surface area contributed by atoms with Gasteiger partial charge in [-0.1, -0.05) is 30.2 Å². The zero-order chi connectivity index (χ0) is 13.0. The highest BCUT2D eigenvalue weighted by molar-refractivity contribution is 5.81. The average molecular weight is 242 g/mol. The number of hydrogen-bond donors (Lipinski definition) is 2. The van der Waals surface area contributed by atoms with E-state index in [0.29, 0.717) is 5.92 Å². The Kier molecular flexibility index (Phi) is 4.01. The van der Waals surface area contributed by atoms with Crippen LogP contribution in [0, 0.1) is 12.3 Å². The van der Waals surface area contributed by atoms with E-state index >= 15 is 0 Å². The minimum atomic E-state index is -0.203. The van der Waals surface area contributed by atoms with Crippen molar-refractivity contribution in [2.45, 2.75) is 25.3 Å². The fourth-order valence-electron chi connectivity index (χ4n) is 2.25. The lowest BCUT2D eigenvalue weighted by Gasteiger charge is -2.31. The highest BCUT2D eigenvalue weighted by atomic mass is 16.2. The fraction of sp³-hybridized carbons (Fsp3) is 0.400. The van der Waals surface area contributed by atoms with E-state index in [-0.39, 0.29) is 18.5 Å². The van der Waals surface area contributed by atoms with Crippen LogP contribution in [0.4, 0.5) is 0 Å². The maximum Gasteiger partial charge on any atom is 0.237 e. The third-order valence-electron chi connectivity index (χ3n) is 3.39. The lowest BCUT2D eigenvalue weighted by atomic mass is 9.77. The van der Waals surface area contributed by atoms with Gasteiger partial charge in [-0.15, -0.1) is 6.42 Å². The zero-order valence-electron chi connectivity index (χ0n) is 10.6. The Morgan fingerprint density at radius 1 is 1.56 bits per heavy atom. The van der Waals surface area contributed by atoms with Gasteiger partial charge in [-0.2, -0.15) is 0 Å². The number of nitrogens with one attached hydrogen (secondary N) is 2. The molecule has 0 aromatic heterocycles. The van der Waals surface area contributed by atoms with Crippen LogP contribution < -0.4 is 10.6 Å². The van der Waals surface area contributed by atoms with E-state index in [2.05, 4.69) is 40.8 Å². The summed E-state index contributed by atoms with van der Waals surface area (Å²) in [7, 11) is 0. The molecular formula is C15H18N2O. The summed E-state index contributed by atoms with van der Waals surface area (Å²) in [6.45, 7) is 2.98. The van der Waals surface area contributed by atoms with Crippen LogP contribution in [0.3, 0.4) is 0 Å². The molecule has 3 nitrogen and oxygen atoms in total. The van der Waals surface area contributed by atoms with Gasteiger partial charge in [0.1, 0.15) is 0 Å². The fourth-order valence-corrected chi connectivity index (χ4v) is 2.25. The van der Waals surface area contributed by atoms with Gasteiger partial charge in [0.05, 0.1) is 12.6 Å². The summed E-state index contributed by atoms with van der Waals surface area (Å²) in [6.07, 6.45) is 6.20. The topological polar surface area (TPSA) is 41.1 Å². The van der Waals surface area contributed by atoms with Crippen LogP contribution in [-0.2, 0) is 11.2 Å². The van der Waals surface area contributed by atoms with Crippen LogP contribution in [0.25, 0.3) is 0 Å². The first kappa shape index (κ1) is 12.7. The van der Waals surface area contributed by atoms with Crippen LogP contribution in [0.5, 0.6) is 0 Å². The third-order valence-corrected chi connectivity index (χ3v) is 3.39. The van der Waals surface area contributed by atoms with E-state index < -0.39 is 0 Å². The Hall–Kier alpha value is -1.79. The summed E-state index contributed by atoms with van der Waals surface area (Å²) in [4.78, 5) is 11.6. The van der Waals surface area contributed by atoms with E-state index in [1.165, 1.54) is 11.1 Å². The van der Waals surface area contributed by atoms with Crippen molar-refractivity contribution in [3.8, 4) is 12.3 Å². The van der Waals surface area contributed by atoms with Gasteiger partial charge in [0, 0.05) is 12.5 Å². The maximum atomic E-state index is 11.6. The molecule has 18 heavy (non-hydrogen) atoms. The molecule has 0 heterocycles. The quantitative estimate of drug-likeness (QED) is 0.758. The first-order chi connectivity index (χ1) is 8.72. The Balaban J connectivity index is 1.77. The number of hydrogen-bond acceptors (Lipinski definition) is 2. The smallest absolute Gasteiger partial charge is 0.237 e. The molecule has 0 spiro atoms. The van der Waals surface area contributed by atoms with Gasteiger partial charge >= 0.3 is 0 Å². The second-order valence-corrected chi connectivity index (χ2v) is 4.65. The number of terminal acetylenes is 1. The first-order valence-electron chi connectivity index (χ1n) is 6.24. The van der Waals surface area contributed by atoms with Gasteiger partial charge in [-0.3, -0.25) is 4.79 Å².